The number of nitrogens with one attached hydrogen (secondary N) is 2. The number of ether oxygens (including phenoxy) is 1. The van der Waals surface area contributed by atoms with E-state index in [0.717, 1.165) is 16.5 Å². The van der Waals surface area contributed by atoms with Gasteiger partial charge in [0.05, 0.1) is 11.9 Å². The van der Waals surface area contributed by atoms with Crippen molar-refractivity contribution in [2.45, 2.75) is 13.0 Å². The number of aromatic nitrogens is 1. The molecule has 0 aliphatic carbocycles. The standard InChI is InChI=1S/C18H17N3O2/c1-13(18(22)21-20-12-16-7-4-10-19-16)23-17-9-8-14-5-2-3-6-15(14)11-17/h2-13,19H,1H3,(H,21,22). The van der Waals surface area contributed by atoms with Gasteiger partial charge in [-0.1, -0.05) is 30.3 Å². The molecule has 116 valence electrons. The van der Waals surface area contributed by atoms with Crippen molar-refractivity contribution in [1.29, 1.82) is 0 Å². The summed E-state index contributed by atoms with van der Waals surface area (Å²) in [5.41, 5.74) is 3.28. The number of carbonyl (C=O) groups is 1. The van der Waals surface area contributed by atoms with Crippen molar-refractivity contribution in [2.24, 2.45) is 5.10 Å². The van der Waals surface area contributed by atoms with Crippen molar-refractivity contribution >= 4 is 22.9 Å². The summed E-state index contributed by atoms with van der Waals surface area (Å²) in [4.78, 5) is 14.9. The Morgan fingerprint density at radius 2 is 2.00 bits per heavy atom. The lowest BCUT2D eigenvalue weighted by Gasteiger charge is -2.13. The number of aromatic amines is 1. The van der Waals surface area contributed by atoms with Crippen LogP contribution in [0.2, 0.25) is 0 Å². The van der Waals surface area contributed by atoms with E-state index in [4.69, 9.17) is 4.74 Å². The summed E-state index contributed by atoms with van der Waals surface area (Å²) in [7, 11) is 0. The number of amides is 1. The number of fused-ring (bicyclic) bond motifs is 1. The third-order valence-electron chi connectivity index (χ3n) is 3.40. The van der Waals surface area contributed by atoms with Gasteiger partial charge in [-0.05, 0) is 42.0 Å². The van der Waals surface area contributed by atoms with Crippen LogP contribution in [0.5, 0.6) is 5.75 Å². The number of benzene rings is 2. The Hall–Kier alpha value is -3.08. The SMILES string of the molecule is CC(Oc1ccc2ccccc2c1)C(=O)NN=Cc1ccc[nH]1. The average molecular weight is 307 g/mol. The second kappa shape index (κ2) is 6.79. The van der Waals surface area contributed by atoms with Crippen molar-refractivity contribution in [1.82, 2.24) is 10.4 Å². The fourth-order valence-corrected chi connectivity index (χ4v) is 2.18. The van der Waals surface area contributed by atoms with Gasteiger partial charge in [0.1, 0.15) is 5.75 Å². The van der Waals surface area contributed by atoms with E-state index in [0.29, 0.717) is 5.75 Å². The highest BCUT2D eigenvalue weighted by Gasteiger charge is 2.14. The third kappa shape index (κ3) is 3.77. The first-order valence-electron chi connectivity index (χ1n) is 7.34. The largest absolute Gasteiger partial charge is 0.481 e. The molecular weight excluding hydrogens is 290 g/mol. The summed E-state index contributed by atoms with van der Waals surface area (Å²) in [6.07, 6.45) is 2.69. The Morgan fingerprint density at radius 1 is 1.17 bits per heavy atom. The van der Waals surface area contributed by atoms with Gasteiger partial charge in [0, 0.05) is 6.20 Å². The average Bonchev–Trinajstić information content (AvgIpc) is 3.08. The van der Waals surface area contributed by atoms with E-state index in [9.17, 15) is 4.79 Å². The van der Waals surface area contributed by atoms with Crippen LogP contribution in [0.15, 0.2) is 65.9 Å². The number of carbonyl (C=O) groups excluding carboxylic acids is 1. The fraction of sp³-hybridized carbons (Fsp3) is 0.111. The maximum absolute atomic E-state index is 12.0. The molecule has 0 saturated heterocycles. The molecule has 1 amide bonds. The molecule has 0 fully saturated rings. The quantitative estimate of drug-likeness (QED) is 0.562. The number of H-pyrrole nitrogens is 1. The zero-order chi connectivity index (χ0) is 16.1. The van der Waals surface area contributed by atoms with Gasteiger partial charge in [0.15, 0.2) is 6.10 Å². The smallest absolute Gasteiger partial charge is 0.280 e. The molecular formula is C18H17N3O2. The molecule has 0 bridgehead atoms. The van der Waals surface area contributed by atoms with Crippen LogP contribution in [0.4, 0.5) is 0 Å². The van der Waals surface area contributed by atoms with E-state index in [-0.39, 0.29) is 5.91 Å². The van der Waals surface area contributed by atoms with E-state index in [1.54, 1.807) is 19.3 Å². The maximum atomic E-state index is 12.0. The summed E-state index contributed by atoms with van der Waals surface area (Å²) in [5, 5.41) is 6.09. The zero-order valence-electron chi connectivity index (χ0n) is 12.7. The topological polar surface area (TPSA) is 66.5 Å². The van der Waals surface area contributed by atoms with Gasteiger partial charge in [-0.25, -0.2) is 5.43 Å². The number of hydrogen-bond donors (Lipinski definition) is 2. The normalized spacial score (nSPS) is 12.4. The molecule has 1 heterocycles. The molecule has 5 heteroatoms. The van der Waals surface area contributed by atoms with Crippen LogP contribution in [0.1, 0.15) is 12.6 Å². The molecule has 23 heavy (non-hydrogen) atoms. The Morgan fingerprint density at radius 3 is 2.78 bits per heavy atom. The first kappa shape index (κ1) is 14.8. The monoisotopic (exact) mass is 307 g/mol. The predicted octanol–water partition coefficient (Wildman–Crippen LogP) is 3.09. The molecule has 0 aliphatic rings. The van der Waals surface area contributed by atoms with Crippen LogP contribution in [0.3, 0.4) is 0 Å². The molecule has 0 aliphatic heterocycles. The van der Waals surface area contributed by atoms with Crippen LogP contribution in [0, 0.1) is 0 Å². The molecule has 1 atom stereocenters. The molecule has 1 unspecified atom stereocenters. The van der Waals surface area contributed by atoms with Crippen molar-refractivity contribution in [3.63, 3.8) is 0 Å². The van der Waals surface area contributed by atoms with Crippen molar-refractivity contribution in [2.75, 3.05) is 0 Å². The second-order valence-electron chi connectivity index (χ2n) is 5.13. The van der Waals surface area contributed by atoms with Gasteiger partial charge in [0.25, 0.3) is 5.91 Å². The van der Waals surface area contributed by atoms with Crippen molar-refractivity contribution in [3.05, 3.63) is 66.5 Å². The minimum absolute atomic E-state index is 0.305. The number of hydrogen-bond acceptors (Lipinski definition) is 3. The van der Waals surface area contributed by atoms with Gasteiger partial charge in [0.2, 0.25) is 0 Å². The van der Waals surface area contributed by atoms with Gasteiger partial charge in [-0.15, -0.1) is 0 Å². The lowest BCUT2D eigenvalue weighted by molar-refractivity contribution is -0.127. The number of rotatable bonds is 5. The molecule has 3 aromatic rings. The molecule has 0 spiro atoms. The summed E-state index contributed by atoms with van der Waals surface area (Å²) in [6.45, 7) is 1.69. The molecule has 0 saturated carbocycles. The highest BCUT2D eigenvalue weighted by atomic mass is 16.5. The van der Waals surface area contributed by atoms with E-state index in [1.165, 1.54) is 0 Å². The van der Waals surface area contributed by atoms with Crippen molar-refractivity contribution in [3.8, 4) is 5.75 Å². The first-order chi connectivity index (χ1) is 11.2. The second-order valence-corrected chi connectivity index (χ2v) is 5.13. The molecule has 2 aromatic carbocycles. The van der Waals surface area contributed by atoms with Crippen molar-refractivity contribution < 1.29 is 9.53 Å². The zero-order valence-corrected chi connectivity index (χ0v) is 12.7. The third-order valence-corrected chi connectivity index (χ3v) is 3.40. The highest BCUT2D eigenvalue weighted by molar-refractivity contribution is 5.85. The van der Waals surface area contributed by atoms with Crippen LogP contribution >= 0.6 is 0 Å². The minimum atomic E-state index is -0.642. The Balaban J connectivity index is 1.60. The van der Waals surface area contributed by atoms with Gasteiger partial charge >= 0.3 is 0 Å². The minimum Gasteiger partial charge on any atom is -0.481 e. The molecule has 2 N–H and O–H groups in total. The Kier molecular flexibility index (Phi) is 4.38. The van der Waals surface area contributed by atoms with E-state index in [1.807, 2.05) is 54.6 Å². The number of nitrogens with zero attached hydrogens (tertiary/aromatic N) is 1. The maximum Gasteiger partial charge on any atom is 0.280 e. The van der Waals surface area contributed by atoms with Gasteiger partial charge < -0.3 is 9.72 Å². The van der Waals surface area contributed by atoms with Gasteiger partial charge in [-0.3, -0.25) is 4.79 Å². The molecule has 0 radical (unpaired) electrons. The Labute approximate surface area is 134 Å². The van der Waals surface area contributed by atoms with Crippen LogP contribution in [-0.4, -0.2) is 23.2 Å². The van der Waals surface area contributed by atoms with Crippen LogP contribution < -0.4 is 10.2 Å². The first-order valence-corrected chi connectivity index (χ1v) is 7.34. The van der Waals surface area contributed by atoms with Crippen LogP contribution in [-0.2, 0) is 4.79 Å². The number of hydrazone groups is 1. The predicted molar refractivity (Wildman–Crippen MR) is 90.6 cm³/mol. The lowest BCUT2D eigenvalue weighted by atomic mass is 10.1. The summed E-state index contributed by atoms with van der Waals surface area (Å²) in [6, 6.07) is 17.4. The highest BCUT2D eigenvalue weighted by Crippen LogP contribution is 2.21. The summed E-state index contributed by atoms with van der Waals surface area (Å²) < 4.78 is 5.68. The Bertz CT molecular complexity index is 825. The van der Waals surface area contributed by atoms with E-state index >= 15 is 0 Å². The van der Waals surface area contributed by atoms with E-state index in [2.05, 4.69) is 15.5 Å². The summed E-state index contributed by atoms with van der Waals surface area (Å²) >= 11 is 0. The van der Waals surface area contributed by atoms with Gasteiger partial charge in [-0.2, -0.15) is 5.10 Å². The lowest BCUT2D eigenvalue weighted by Crippen LogP contribution is -2.33. The van der Waals surface area contributed by atoms with E-state index < -0.39 is 6.10 Å². The molecule has 5 nitrogen and oxygen atoms in total. The summed E-state index contributed by atoms with van der Waals surface area (Å²) in [5.74, 6) is 0.348. The fourth-order valence-electron chi connectivity index (χ4n) is 2.18. The molecule has 1 aromatic heterocycles. The molecule has 3 rings (SSSR count). The van der Waals surface area contributed by atoms with Crippen LogP contribution in [0.25, 0.3) is 10.8 Å².